The summed E-state index contributed by atoms with van der Waals surface area (Å²) in [5.74, 6) is 1.24. The molecule has 0 amide bonds. The maximum Gasteiger partial charge on any atom is 0.142 e. The molecule has 0 aromatic heterocycles. The molecule has 5 nitrogen and oxygen atoms in total. The SMILES string of the molecule is COc1ccc(C(O)C2CN(C)CCO2)c(OC)c1Br. The highest BCUT2D eigenvalue weighted by Gasteiger charge is 2.29. The summed E-state index contributed by atoms with van der Waals surface area (Å²) in [6.45, 7) is 2.19. The van der Waals surface area contributed by atoms with Crippen molar-refractivity contribution in [1.29, 1.82) is 0 Å². The van der Waals surface area contributed by atoms with Crippen LogP contribution in [0.2, 0.25) is 0 Å². The number of likely N-dealkylation sites (N-methyl/N-ethyl adjacent to an activating group) is 1. The van der Waals surface area contributed by atoms with Crippen LogP contribution in [0.15, 0.2) is 16.6 Å². The lowest BCUT2D eigenvalue weighted by Gasteiger charge is -2.33. The smallest absolute Gasteiger partial charge is 0.142 e. The van der Waals surface area contributed by atoms with Gasteiger partial charge in [0.25, 0.3) is 0 Å². The first-order valence-electron chi connectivity index (χ1n) is 6.47. The molecule has 6 heteroatoms. The molecule has 1 N–H and O–H groups in total. The Labute approximate surface area is 127 Å². The summed E-state index contributed by atoms with van der Waals surface area (Å²) in [6, 6.07) is 3.61. The van der Waals surface area contributed by atoms with Crippen molar-refractivity contribution in [3.63, 3.8) is 0 Å². The molecule has 1 saturated heterocycles. The predicted octanol–water partition coefficient (Wildman–Crippen LogP) is 1.83. The van der Waals surface area contributed by atoms with E-state index in [2.05, 4.69) is 20.8 Å². The molecule has 0 radical (unpaired) electrons. The third-order valence-electron chi connectivity index (χ3n) is 3.48. The van der Waals surface area contributed by atoms with Crippen molar-refractivity contribution in [3.05, 3.63) is 22.2 Å². The van der Waals surface area contributed by atoms with Crippen LogP contribution in [0.1, 0.15) is 11.7 Å². The van der Waals surface area contributed by atoms with Gasteiger partial charge in [-0.15, -0.1) is 0 Å². The number of aliphatic hydroxyl groups is 1. The van der Waals surface area contributed by atoms with Gasteiger partial charge in [-0.3, -0.25) is 0 Å². The lowest BCUT2D eigenvalue weighted by atomic mass is 10.0. The minimum absolute atomic E-state index is 0.261. The minimum Gasteiger partial charge on any atom is -0.495 e. The average Bonchev–Trinajstić information content (AvgIpc) is 2.46. The Morgan fingerprint density at radius 1 is 1.40 bits per heavy atom. The minimum atomic E-state index is -0.741. The zero-order valence-electron chi connectivity index (χ0n) is 11.9. The van der Waals surface area contributed by atoms with Crippen LogP contribution < -0.4 is 9.47 Å². The van der Waals surface area contributed by atoms with Crippen LogP contribution in [-0.4, -0.2) is 57.1 Å². The molecule has 1 aromatic rings. The van der Waals surface area contributed by atoms with Crippen LogP contribution in [0.25, 0.3) is 0 Å². The maximum atomic E-state index is 10.6. The summed E-state index contributed by atoms with van der Waals surface area (Å²) < 4.78 is 17.0. The third-order valence-corrected chi connectivity index (χ3v) is 4.23. The standard InChI is InChI=1S/C14H20BrNO4/c1-16-6-7-20-11(8-16)13(17)9-4-5-10(18-2)12(15)14(9)19-3/h4-5,11,13,17H,6-8H2,1-3H3. The van der Waals surface area contributed by atoms with Gasteiger partial charge < -0.3 is 24.2 Å². The van der Waals surface area contributed by atoms with E-state index in [0.717, 1.165) is 6.54 Å². The summed E-state index contributed by atoms with van der Waals surface area (Å²) in [5, 5.41) is 10.6. The number of hydrogen-bond donors (Lipinski definition) is 1. The maximum absolute atomic E-state index is 10.6. The molecule has 20 heavy (non-hydrogen) atoms. The molecule has 1 aliphatic rings. The van der Waals surface area contributed by atoms with E-state index >= 15 is 0 Å². The van der Waals surface area contributed by atoms with E-state index < -0.39 is 6.10 Å². The van der Waals surface area contributed by atoms with Gasteiger partial charge in [0.2, 0.25) is 0 Å². The van der Waals surface area contributed by atoms with Crippen molar-refractivity contribution in [2.24, 2.45) is 0 Å². The molecule has 112 valence electrons. The van der Waals surface area contributed by atoms with Crippen LogP contribution in [0, 0.1) is 0 Å². The van der Waals surface area contributed by atoms with Crippen molar-refractivity contribution in [2.45, 2.75) is 12.2 Å². The van der Waals surface area contributed by atoms with Gasteiger partial charge in [0.1, 0.15) is 28.2 Å². The van der Waals surface area contributed by atoms with E-state index in [-0.39, 0.29) is 6.10 Å². The van der Waals surface area contributed by atoms with Crippen LogP contribution >= 0.6 is 15.9 Å². The van der Waals surface area contributed by atoms with Crippen molar-refractivity contribution in [2.75, 3.05) is 41.0 Å². The van der Waals surface area contributed by atoms with E-state index in [1.54, 1.807) is 20.3 Å². The Bertz CT molecular complexity index is 469. The largest absolute Gasteiger partial charge is 0.495 e. The van der Waals surface area contributed by atoms with Crippen molar-refractivity contribution < 1.29 is 19.3 Å². The number of rotatable bonds is 4. The molecule has 0 aliphatic carbocycles. The van der Waals surface area contributed by atoms with E-state index in [1.165, 1.54) is 0 Å². The first-order valence-corrected chi connectivity index (χ1v) is 7.26. The molecule has 0 spiro atoms. The average molecular weight is 346 g/mol. The number of hydrogen-bond acceptors (Lipinski definition) is 5. The summed E-state index contributed by atoms with van der Waals surface area (Å²) in [5.41, 5.74) is 0.695. The third kappa shape index (κ3) is 3.09. The second-order valence-corrected chi connectivity index (χ2v) is 5.61. The first-order chi connectivity index (χ1) is 9.58. The van der Waals surface area contributed by atoms with E-state index in [9.17, 15) is 5.11 Å². The zero-order valence-corrected chi connectivity index (χ0v) is 13.5. The molecule has 1 fully saturated rings. The molecule has 1 aromatic carbocycles. The monoisotopic (exact) mass is 345 g/mol. The Kier molecular flexibility index (Phi) is 5.26. The lowest BCUT2D eigenvalue weighted by Crippen LogP contribution is -2.43. The zero-order chi connectivity index (χ0) is 14.7. The quantitative estimate of drug-likeness (QED) is 0.902. The van der Waals surface area contributed by atoms with Gasteiger partial charge in [-0.2, -0.15) is 0 Å². The number of halogens is 1. The topological polar surface area (TPSA) is 51.2 Å². The van der Waals surface area contributed by atoms with Crippen molar-refractivity contribution >= 4 is 15.9 Å². The van der Waals surface area contributed by atoms with Gasteiger partial charge >= 0.3 is 0 Å². The van der Waals surface area contributed by atoms with Gasteiger partial charge in [-0.1, -0.05) is 0 Å². The van der Waals surface area contributed by atoms with Gasteiger partial charge in [-0.05, 0) is 35.1 Å². The van der Waals surface area contributed by atoms with Gasteiger partial charge in [0.15, 0.2) is 0 Å². The Morgan fingerprint density at radius 2 is 2.15 bits per heavy atom. The molecular weight excluding hydrogens is 326 g/mol. The molecule has 2 unspecified atom stereocenters. The fourth-order valence-corrected chi connectivity index (χ4v) is 3.04. The number of aliphatic hydroxyl groups excluding tert-OH is 1. The molecule has 1 aliphatic heterocycles. The molecule has 1 heterocycles. The normalized spacial score (nSPS) is 21.6. The number of nitrogens with zero attached hydrogens (tertiary/aromatic N) is 1. The Morgan fingerprint density at radius 3 is 2.75 bits per heavy atom. The van der Waals surface area contributed by atoms with Crippen LogP contribution in [0.4, 0.5) is 0 Å². The van der Waals surface area contributed by atoms with Crippen molar-refractivity contribution in [3.8, 4) is 11.5 Å². The predicted molar refractivity (Wildman–Crippen MR) is 79.4 cm³/mol. The van der Waals surface area contributed by atoms with Gasteiger partial charge in [0, 0.05) is 18.7 Å². The van der Waals surface area contributed by atoms with Crippen LogP contribution in [-0.2, 0) is 4.74 Å². The second-order valence-electron chi connectivity index (χ2n) is 4.82. The second kappa shape index (κ2) is 6.76. The molecular formula is C14H20BrNO4. The highest BCUT2D eigenvalue weighted by Crippen LogP contribution is 2.40. The van der Waals surface area contributed by atoms with E-state index in [1.807, 2.05) is 13.1 Å². The molecule has 0 bridgehead atoms. The summed E-state index contributed by atoms with van der Waals surface area (Å²) in [4.78, 5) is 2.14. The van der Waals surface area contributed by atoms with Crippen LogP contribution in [0.5, 0.6) is 11.5 Å². The summed E-state index contributed by atoms with van der Waals surface area (Å²) >= 11 is 3.44. The highest BCUT2D eigenvalue weighted by molar-refractivity contribution is 9.10. The molecule has 0 saturated carbocycles. The molecule has 2 rings (SSSR count). The lowest BCUT2D eigenvalue weighted by molar-refractivity contribution is -0.0849. The van der Waals surface area contributed by atoms with Crippen LogP contribution in [0.3, 0.4) is 0 Å². The van der Waals surface area contributed by atoms with E-state index in [0.29, 0.717) is 34.7 Å². The fraction of sp³-hybridized carbons (Fsp3) is 0.571. The summed E-state index contributed by atoms with van der Waals surface area (Å²) in [6.07, 6.45) is -1.00. The van der Waals surface area contributed by atoms with Gasteiger partial charge in [-0.25, -0.2) is 0 Å². The van der Waals surface area contributed by atoms with E-state index in [4.69, 9.17) is 14.2 Å². The summed E-state index contributed by atoms with van der Waals surface area (Å²) in [7, 11) is 5.18. The van der Waals surface area contributed by atoms with Gasteiger partial charge in [0.05, 0.1) is 20.8 Å². The number of ether oxygens (including phenoxy) is 3. The fourth-order valence-electron chi connectivity index (χ4n) is 2.35. The number of benzene rings is 1. The number of methoxy groups -OCH3 is 2. The first kappa shape index (κ1) is 15.6. The molecule has 2 atom stereocenters. The Hall–Kier alpha value is -0.820. The highest BCUT2D eigenvalue weighted by atomic mass is 79.9. The van der Waals surface area contributed by atoms with Crippen molar-refractivity contribution in [1.82, 2.24) is 4.90 Å². The Balaban J connectivity index is 2.29. The number of morpholine rings is 1.